The van der Waals surface area contributed by atoms with E-state index in [0.29, 0.717) is 16.6 Å². The Labute approximate surface area is 131 Å². The molecule has 1 aromatic carbocycles. The number of hydrogen-bond acceptors (Lipinski definition) is 3. The summed E-state index contributed by atoms with van der Waals surface area (Å²) >= 11 is 6.29. The van der Waals surface area contributed by atoms with E-state index in [0.717, 1.165) is 18.0 Å². The van der Waals surface area contributed by atoms with E-state index >= 15 is 0 Å². The van der Waals surface area contributed by atoms with Crippen molar-refractivity contribution in [3.8, 4) is 0 Å². The van der Waals surface area contributed by atoms with Crippen LogP contribution in [0.2, 0.25) is 5.02 Å². The van der Waals surface area contributed by atoms with Gasteiger partial charge in [-0.3, -0.25) is 0 Å². The number of nitrogens with two attached hydrogens (primary N) is 1. The third-order valence-electron chi connectivity index (χ3n) is 4.44. The monoisotopic (exact) mass is 309 g/mol. The van der Waals surface area contributed by atoms with Gasteiger partial charge in [0.25, 0.3) is 0 Å². The van der Waals surface area contributed by atoms with E-state index in [2.05, 4.69) is 17.4 Å². The third kappa shape index (κ3) is 4.11. The van der Waals surface area contributed by atoms with Gasteiger partial charge in [0.1, 0.15) is 0 Å². The van der Waals surface area contributed by atoms with Gasteiger partial charge >= 0.3 is 0 Å². The summed E-state index contributed by atoms with van der Waals surface area (Å²) in [5.74, 6) is 0.851. The van der Waals surface area contributed by atoms with E-state index in [9.17, 15) is 0 Å². The van der Waals surface area contributed by atoms with E-state index in [-0.39, 0.29) is 5.84 Å². The standard InChI is InChI=1S/C16H24ClN3O/c1-2-11-5-3-4-6-15(11)19-10-13-8-7-12(9-14(13)17)16(18)20-21/h7-9,11,15,19,21H,2-6,10H2,1H3,(H2,18,20). The molecule has 0 aromatic heterocycles. The van der Waals surface area contributed by atoms with Crippen LogP contribution in [-0.4, -0.2) is 17.1 Å². The van der Waals surface area contributed by atoms with Gasteiger partial charge in [0.15, 0.2) is 5.84 Å². The van der Waals surface area contributed by atoms with Crippen LogP contribution in [-0.2, 0) is 6.54 Å². The zero-order chi connectivity index (χ0) is 15.2. The highest BCUT2D eigenvalue weighted by Crippen LogP contribution is 2.27. The number of rotatable bonds is 5. The molecule has 4 N–H and O–H groups in total. The second kappa shape index (κ2) is 7.66. The Kier molecular flexibility index (Phi) is 5.88. The average Bonchev–Trinajstić information content (AvgIpc) is 2.53. The predicted molar refractivity (Wildman–Crippen MR) is 86.8 cm³/mol. The molecule has 0 bridgehead atoms. The lowest BCUT2D eigenvalue weighted by molar-refractivity contribution is 0.254. The van der Waals surface area contributed by atoms with E-state index in [1.54, 1.807) is 6.07 Å². The molecule has 0 amide bonds. The number of amidine groups is 1. The van der Waals surface area contributed by atoms with Gasteiger partial charge in [0, 0.05) is 23.2 Å². The van der Waals surface area contributed by atoms with Crippen LogP contribution in [0.5, 0.6) is 0 Å². The number of nitrogens with zero attached hydrogens (tertiary/aromatic N) is 1. The van der Waals surface area contributed by atoms with Gasteiger partial charge < -0.3 is 16.3 Å². The van der Waals surface area contributed by atoms with Crippen molar-refractivity contribution in [2.24, 2.45) is 16.8 Å². The Hall–Kier alpha value is -1.26. The molecule has 2 rings (SSSR count). The van der Waals surface area contributed by atoms with Crippen LogP contribution in [0.4, 0.5) is 0 Å². The molecule has 1 fully saturated rings. The number of nitrogens with one attached hydrogen (secondary N) is 1. The molecular weight excluding hydrogens is 286 g/mol. The minimum Gasteiger partial charge on any atom is -0.409 e. The molecule has 1 aliphatic rings. The molecule has 0 heterocycles. The van der Waals surface area contributed by atoms with Crippen LogP contribution in [0.1, 0.15) is 50.2 Å². The Morgan fingerprint density at radius 3 is 2.86 bits per heavy atom. The van der Waals surface area contributed by atoms with Gasteiger partial charge in [-0.1, -0.05) is 55.1 Å². The lowest BCUT2D eigenvalue weighted by Crippen LogP contribution is -2.37. The fraction of sp³-hybridized carbons (Fsp3) is 0.562. The summed E-state index contributed by atoms with van der Waals surface area (Å²) in [5.41, 5.74) is 7.25. The second-order valence-corrected chi connectivity index (χ2v) is 6.14. The summed E-state index contributed by atoms with van der Waals surface area (Å²) in [6.45, 7) is 3.03. The van der Waals surface area contributed by atoms with Gasteiger partial charge in [0.05, 0.1) is 0 Å². The lowest BCUT2D eigenvalue weighted by Gasteiger charge is -2.31. The zero-order valence-electron chi connectivity index (χ0n) is 12.5. The van der Waals surface area contributed by atoms with Crippen molar-refractivity contribution in [3.05, 3.63) is 34.3 Å². The van der Waals surface area contributed by atoms with Crippen molar-refractivity contribution in [2.75, 3.05) is 0 Å². The Balaban J connectivity index is 2.00. The largest absolute Gasteiger partial charge is 0.409 e. The maximum absolute atomic E-state index is 8.69. The first-order chi connectivity index (χ1) is 10.2. The first-order valence-corrected chi connectivity index (χ1v) is 8.03. The van der Waals surface area contributed by atoms with Crippen molar-refractivity contribution in [2.45, 2.75) is 51.6 Å². The Morgan fingerprint density at radius 1 is 1.43 bits per heavy atom. The first kappa shape index (κ1) is 16.1. The van der Waals surface area contributed by atoms with Crippen molar-refractivity contribution < 1.29 is 5.21 Å². The molecule has 4 nitrogen and oxygen atoms in total. The van der Waals surface area contributed by atoms with Crippen LogP contribution in [0, 0.1) is 5.92 Å². The fourth-order valence-corrected chi connectivity index (χ4v) is 3.36. The quantitative estimate of drug-likeness (QED) is 0.337. The van der Waals surface area contributed by atoms with Gasteiger partial charge in [-0.25, -0.2) is 0 Å². The first-order valence-electron chi connectivity index (χ1n) is 7.65. The van der Waals surface area contributed by atoms with Crippen LogP contribution in [0.25, 0.3) is 0 Å². The summed E-state index contributed by atoms with van der Waals surface area (Å²) in [6, 6.07) is 6.09. The normalized spacial score (nSPS) is 23.2. The van der Waals surface area contributed by atoms with Gasteiger partial charge in [-0.05, 0) is 30.4 Å². The van der Waals surface area contributed by atoms with Crippen LogP contribution >= 0.6 is 11.6 Å². The van der Waals surface area contributed by atoms with E-state index in [1.165, 1.54) is 32.1 Å². The van der Waals surface area contributed by atoms with Gasteiger partial charge in [-0.2, -0.15) is 0 Å². The Morgan fingerprint density at radius 2 is 2.19 bits per heavy atom. The highest BCUT2D eigenvalue weighted by atomic mass is 35.5. The smallest absolute Gasteiger partial charge is 0.170 e. The molecule has 2 unspecified atom stereocenters. The molecule has 2 atom stereocenters. The zero-order valence-corrected chi connectivity index (χ0v) is 13.2. The second-order valence-electron chi connectivity index (χ2n) is 5.73. The average molecular weight is 310 g/mol. The van der Waals surface area contributed by atoms with Crippen LogP contribution in [0.15, 0.2) is 23.4 Å². The summed E-state index contributed by atoms with van der Waals surface area (Å²) < 4.78 is 0. The minimum atomic E-state index is 0.0785. The van der Waals surface area contributed by atoms with E-state index < -0.39 is 0 Å². The van der Waals surface area contributed by atoms with Gasteiger partial charge in [0.2, 0.25) is 0 Å². The summed E-state index contributed by atoms with van der Waals surface area (Å²) in [5, 5.41) is 16.0. The minimum absolute atomic E-state index is 0.0785. The predicted octanol–water partition coefficient (Wildman–Crippen LogP) is 3.49. The SMILES string of the molecule is CCC1CCCCC1NCc1ccc(/C(N)=N/O)cc1Cl. The summed E-state index contributed by atoms with van der Waals surface area (Å²) in [6.07, 6.45) is 6.47. The molecule has 0 saturated heterocycles. The van der Waals surface area contributed by atoms with Crippen LogP contribution < -0.4 is 11.1 Å². The summed E-state index contributed by atoms with van der Waals surface area (Å²) in [7, 11) is 0. The Bertz CT molecular complexity index is 504. The summed E-state index contributed by atoms with van der Waals surface area (Å²) in [4.78, 5) is 0. The molecular formula is C16H24ClN3O. The van der Waals surface area contributed by atoms with Crippen molar-refractivity contribution in [1.82, 2.24) is 5.32 Å². The maximum atomic E-state index is 8.69. The molecule has 116 valence electrons. The van der Waals surface area contributed by atoms with E-state index in [4.69, 9.17) is 22.5 Å². The topological polar surface area (TPSA) is 70.6 Å². The lowest BCUT2D eigenvalue weighted by atomic mass is 9.83. The highest BCUT2D eigenvalue weighted by Gasteiger charge is 2.23. The van der Waals surface area contributed by atoms with Gasteiger partial charge in [-0.15, -0.1) is 0 Å². The molecule has 0 radical (unpaired) electrons. The molecule has 1 aromatic rings. The number of hydrogen-bond donors (Lipinski definition) is 3. The number of oxime groups is 1. The molecule has 1 saturated carbocycles. The van der Waals surface area contributed by atoms with E-state index in [1.807, 2.05) is 12.1 Å². The molecule has 5 heteroatoms. The molecule has 0 spiro atoms. The van der Waals surface area contributed by atoms with Crippen molar-refractivity contribution >= 4 is 17.4 Å². The highest BCUT2D eigenvalue weighted by molar-refractivity contribution is 6.31. The van der Waals surface area contributed by atoms with Crippen molar-refractivity contribution in [1.29, 1.82) is 0 Å². The van der Waals surface area contributed by atoms with Crippen molar-refractivity contribution in [3.63, 3.8) is 0 Å². The fourth-order valence-electron chi connectivity index (χ4n) is 3.11. The third-order valence-corrected chi connectivity index (χ3v) is 4.80. The molecule has 0 aliphatic heterocycles. The number of halogens is 1. The number of benzene rings is 1. The maximum Gasteiger partial charge on any atom is 0.170 e. The van der Waals surface area contributed by atoms with Crippen LogP contribution in [0.3, 0.4) is 0 Å². The molecule has 21 heavy (non-hydrogen) atoms. The molecule has 1 aliphatic carbocycles.